The predicted octanol–water partition coefficient (Wildman–Crippen LogP) is 6.84. The molecule has 2 aliphatic heterocycles. The first-order chi connectivity index (χ1) is 29.4. The third kappa shape index (κ3) is 13.7. The Kier molecular flexibility index (Phi) is 14.3. The highest BCUT2D eigenvalue weighted by atomic mass is 35.5. The molecular weight excluding hydrogens is 815 g/mol. The van der Waals surface area contributed by atoms with Crippen molar-refractivity contribution in [3.8, 4) is 45.8 Å². The first-order valence-corrected chi connectivity index (χ1v) is 20.0. The fraction of sp³-hybridized carbons (Fsp3) is 0.273. The number of halogens is 1. The van der Waals surface area contributed by atoms with Gasteiger partial charge in [0, 0.05) is 30.8 Å². The van der Waals surface area contributed by atoms with E-state index in [2.05, 4.69) is 30.6 Å². The Bertz CT molecular complexity index is 2450. The lowest BCUT2D eigenvalue weighted by Crippen LogP contribution is -2.30. The van der Waals surface area contributed by atoms with Gasteiger partial charge in [0.05, 0.1) is 5.69 Å². The number of fused-ring (bicyclic) bond motifs is 2. The van der Waals surface area contributed by atoms with Gasteiger partial charge in [0.2, 0.25) is 25.5 Å². The van der Waals surface area contributed by atoms with Gasteiger partial charge < -0.3 is 60.6 Å². The Balaban J connectivity index is 0.000000167. The van der Waals surface area contributed by atoms with Crippen LogP contribution in [-0.2, 0) is 13.1 Å². The van der Waals surface area contributed by atoms with E-state index in [9.17, 15) is 0 Å². The number of benzene rings is 4. The van der Waals surface area contributed by atoms with E-state index in [0.717, 1.165) is 51.1 Å². The molecule has 324 valence electrons. The van der Waals surface area contributed by atoms with Crippen LogP contribution in [0.25, 0.3) is 11.3 Å². The summed E-state index contributed by atoms with van der Waals surface area (Å²) < 4.78 is 32.9. The van der Waals surface area contributed by atoms with Crippen LogP contribution < -0.4 is 56.0 Å². The number of nitrogen functional groups attached to an aromatic ring is 2. The number of hydrogen-bond donors (Lipinski definition) is 6. The minimum Gasteiger partial charge on any atom is -0.488 e. The molecular formula is C44H50BClN8O8. The molecule has 0 fully saturated rings. The molecule has 2 aliphatic rings. The summed E-state index contributed by atoms with van der Waals surface area (Å²) in [5, 5.41) is 24.6. The number of nitrogens with zero attached hydrogens (tertiary/aromatic N) is 4. The van der Waals surface area contributed by atoms with Gasteiger partial charge in [-0.25, -0.2) is 9.97 Å². The van der Waals surface area contributed by atoms with Crippen molar-refractivity contribution in [2.24, 2.45) is 0 Å². The van der Waals surface area contributed by atoms with Crippen LogP contribution in [0.3, 0.4) is 0 Å². The summed E-state index contributed by atoms with van der Waals surface area (Å²) in [6.45, 7) is 13.5. The molecule has 2 aromatic heterocycles. The number of nitrogens with one attached hydrogen (secondary N) is 2. The van der Waals surface area contributed by atoms with Crippen molar-refractivity contribution in [3.05, 3.63) is 113 Å². The van der Waals surface area contributed by atoms with Crippen molar-refractivity contribution in [2.75, 3.05) is 35.7 Å². The van der Waals surface area contributed by atoms with Crippen LogP contribution in [0.15, 0.2) is 97.1 Å². The van der Waals surface area contributed by atoms with Crippen LogP contribution >= 0.6 is 11.6 Å². The maximum Gasteiger partial charge on any atom is 0.488 e. The highest BCUT2D eigenvalue weighted by molar-refractivity contribution is 6.58. The SMILES string of the molecule is CC(C)(C)Oc1cccc(-c2cc(NCc3ccc4c(c3)OCO4)nc(N)n2)c1.CC(C)(C)Oc1cccc(B(O)O)c1.Nc1nc(Cl)cc(NCc2ccc3c(c2)OCO3)n1. The number of aromatic nitrogens is 4. The van der Waals surface area contributed by atoms with E-state index in [4.69, 9.17) is 61.5 Å². The van der Waals surface area contributed by atoms with Gasteiger partial charge in [-0.3, -0.25) is 0 Å². The normalized spacial score (nSPS) is 12.3. The second-order valence-electron chi connectivity index (χ2n) is 15.9. The third-order valence-corrected chi connectivity index (χ3v) is 8.60. The van der Waals surface area contributed by atoms with E-state index in [0.29, 0.717) is 41.1 Å². The van der Waals surface area contributed by atoms with E-state index in [1.165, 1.54) is 0 Å². The van der Waals surface area contributed by atoms with Gasteiger partial charge in [-0.15, -0.1) is 0 Å². The molecule has 0 amide bonds. The molecule has 0 saturated heterocycles. The van der Waals surface area contributed by atoms with Crippen LogP contribution in [-0.4, -0.2) is 61.9 Å². The molecule has 0 radical (unpaired) electrons. The summed E-state index contributed by atoms with van der Waals surface area (Å²) in [4.78, 5) is 16.5. The van der Waals surface area contributed by atoms with E-state index in [-0.39, 0.29) is 36.7 Å². The highest BCUT2D eigenvalue weighted by Crippen LogP contribution is 2.34. The number of rotatable bonds is 10. The van der Waals surface area contributed by atoms with Crippen LogP contribution in [0, 0.1) is 0 Å². The molecule has 0 atom stereocenters. The standard InChI is InChI=1S/C22H24N4O3.C12H11ClN4O2.C10H15BO3/c1-22(2,3)29-16-6-4-5-15(10-16)17-11-20(26-21(23)25-17)24-12-14-7-8-18-19(9-14)28-13-27-18;13-10-4-11(17-12(14)16-10)15-5-7-1-2-8-9(3-7)19-6-18-8;1-10(2,3)14-9-6-4-5-8(7-9)11(12)13/h4-11H,12-13H2,1-3H3,(H3,23,24,25,26);1-4H,5-6H2,(H3,14,15,16,17);4-7,12-13H,1-3H3. The lowest BCUT2D eigenvalue weighted by Gasteiger charge is -2.21. The molecule has 0 saturated carbocycles. The zero-order valence-corrected chi connectivity index (χ0v) is 36.1. The van der Waals surface area contributed by atoms with Gasteiger partial charge in [0.25, 0.3) is 0 Å². The smallest absolute Gasteiger partial charge is 0.488 e. The molecule has 0 spiro atoms. The summed E-state index contributed by atoms with van der Waals surface area (Å²) in [7, 11) is -1.45. The average molecular weight is 865 g/mol. The minimum atomic E-state index is -1.45. The maximum atomic E-state index is 8.95. The van der Waals surface area contributed by atoms with Crippen molar-refractivity contribution < 1.29 is 38.5 Å². The molecule has 62 heavy (non-hydrogen) atoms. The predicted molar refractivity (Wildman–Crippen MR) is 240 cm³/mol. The summed E-state index contributed by atoms with van der Waals surface area (Å²) in [6.07, 6.45) is 0. The Morgan fingerprint density at radius 3 is 1.65 bits per heavy atom. The molecule has 8 N–H and O–H groups in total. The zero-order chi connectivity index (χ0) is 44.4. The zero-order valence-electron chi connectivity index (χ0n) is 35.3. The third-order valence-electron chi connectivity index (χ3n) is 8.41. The average Bonchev–Trinajstić information content (AvgIpc) is 3.88. The monoisotopic (exact) mass is 864 g/mol. The van der Waals surface area contributed by atoms with Crippen molar-refractivity contribution in [2.45, 2.75) is 65.8 Å². The summed E-state index contributed by atoms with van der Waals surface area (Å²) in [5.41, 5.74) is 15.1. The van der Waals surface area contributed by atoms with E-state index in [1.807, 2.05) is 108 Å². The number of nitrogens with two attached hydrogens (primary N) is 2. The highest BCUT2D eigenvalue weighted by Gasteiger charge is 2.17. The van der Waals surface area contributed by atoms with E-state index >= 15 is 0 Å². The van der Waals surface area contributed by atoms with Gasteiger partial charge in [-0.05, 0) is 107 Å². The lowest BCUT2D eigenvalue weighted by atomic mass is 9.80. The topological polar surface area (TPSA) is 224 Å². The summed E-state index contributed by atoms with van der Waals surface area (Å²) >= 11 is 5.80. The Labute approximate surface area is 365 Å². The summed E-state index contributed by atoms with van der Waals surface area (Å²) in [5.74, 6) is 6.02. The van der Waals surface area contributed by atoms with Crippen LogP contribution in [0.2, 0.25) is 5.15 Å². The fourth-order valence-corrected chi connectivity index (χ4v) is 6.07. The molecule has 4 aromatic carbocycles. The van der Waals surface area contributed by atoms with Crippen molar-refractivity contribution in [1.29, 1.82) is 0 Å². The molecule has 18 heteroatoms. The Hall–Kier alpha value is -6.69. The molecule has 16 nitrogen and oxygen atoms in total. The lowest BCUT2D eigenvalue weighted by molar-refractivity contribution is 0.130. The van der Waals surface area contributed by atoms with Gasteiger partial charge in [-0.2, -0.15) is 9.97 Å². The van der Waals surface area contributed by atoms with Crippen molar-refractivity contribution >= 4 is 47.7 Å². The second kappa shape index (κ2) is 19.8. The van der Waals surface area contributed by atoms with Crippen LogP contribution in [0.4, 0.5) is 23.5 Å². The van der Waals surface area contributed by atoms with Crippen LogP contribution in [0.5, 0.6) is 34.5 Å². The van der Waals surface area contributed by atoms with Crippen molar-refractivity contribution in [1.82, 2.24) is 19.9 Å². The maximum absolute atomic E-state index is 8.95. The minimum absolute atomic E-state index is 0.140. The Morgan fingerprint density at radius 1 is 0.613 bits per heavy atom. The fourth-order valence-electron chi connectivity index (χ4n) is 5.88. The quantitative estimate of drug-likeness (QED) is 0.0613. The molecule has 0 unspecified atom stereocenters. The van der Waals surface area contributed by atoms with Gasteiger partial charge in [0.15, 0.2) is 23.0 Å². The van der Waals surface area contributed by atoms with Gasteiger partial charge in [0.1, 0.15) is 39.5 Å². The van der Waals surface area contributed by atoms with Gasteiger partial charge in [-0.1, -0.05) is 48.0 Å². The first-order valence-electron chi connectivity index (χ1n) is 19.6. The second-order valence-corrected chi connectivity index (χ2v) is 16.3. The largest absolute Gasteiger partial charge is 0.488 e. The van der Waals surface area contributed by atoms with Crippen molar-refractivity contribution in [3.63, 3.8) is 0 Å². The molecule has 0 bridgehead atoms. The molecule has 8 rings (SSSR count). The molecule has 6 aromatic rings. The number of anilines is 4. The number of ether oxygens (including phenoxy) is 6. The number of hydrogen-bond acceptors (Lipinski definition) is 16. The van der Waals surface area contributed by atoms with Gasteiger partial charge >= 0.3 is 7.12 Å². The van der Waals surface area contributed by atoms with Crippen LogP contribution in [0.1, 0.15) is 52.7 Å². The van der Waals surface area contributed by atoms with E-state index in [1.54, 1.807) is 30.3 Å². The Morgan fingerprint density at radius 2 is 1.11 bits per heavy atom. The summed E-state index contributed by atoms with van der Waals surface area (Å²) in [6, 6.07) is 29.6. The first kappa shape index (κ1) is 44.9. The van der Waals surface area contributed by atoms with E-state index < -0.39 is 7.12 Å². The molecule has 4 heterocycles. The molecule has 0 aliphatic carbocycles.